The van der Waals surface area contributed by atoms with Crippen LogP contribution in [0.2, 0.25) is 0 Å². The summed E-state index contributed by atoms with van der Waals surface area (Å²) in [5, 5.41) is 12.3. The van der Waals surface area contributed by atoms with Crippen LogP contribution in [0.1, 0.15) is 30.9 Å². The number of hydrogen-bond acceptors (Lipinski definition) is 4. The fourth-order valence-corrected chi connectivity index (χ4v) is 3.51. The Morgan fingerprint density at radius 2 is 1.93 bits per heavy atom. The molecule has 0 saturated heterocycles. The maximum absolute atomic E-state index is 4.69. The molecule has 27 heavy (non-hydrogen) atoms. The highest BCUT2D eigenvalue weighted by atomic mass is 15.3. The number of aryl methyl sites for hydroxylation is 1. The third kappa shape index (κ3) is 2.97. The fraction of sp³-hybridized carbons (Fsp3) is 0.286. The van der Waals surface area contributed by atoms with Gasteiger partial charge >= 0.3 is 0 Å². The summed E-state index contributed by atoms with van der Waals surface area (Å²) in [6, 6.07) is 10.6. The standard InChI is InChI=1S/C21H24N6/c1-13(2)18-19(15-7-6-8-17(10-15)26(4)5)24-25-20(18)16-9-14(3)21-22-12-23-27(21)11-16/h6-13H,1-5H3,(H,24,25). The molecule has 0 aliphatic heterocycles. The van der Waals surface area contributed by atoms with Crippen LogP contribution < -0.4 is 4.90 Å². The Bertz CT molecular complexity index is 1100. The molecule has 1 aromatic carbocycles. The second-order valence-electron chi connectivity index (χ2n) is 7.40. The lowest BCUT2D eigenvalue weighted by atomic mass is 9.94. The predicted octanol–water partition coefficient (Wildman–Crippen LogP) is 4.28. The predicted molar refractivity (Wildman–Crippen MR) is 109 cm³/mol. The van der Waals surface area contributed by atoms with Crippen LogP contribution in [0.25, 0.3) is 28.2 Å². The van der Waals surface area contributed by atoms with E-state index < -0.39 is 0 Å². The summed E-state index contributed by atoms with van der Waals surface area (Å²) in [5.74, 6) is 0.323. The maximum Gasteiger partial charge on any atom is 0.158 e. The van der Waals surface area contributed by atoms with Crippen molar-refractivity contribution in [3.63, 3.8) is 0 Å². The lowest BCUT2D eigenvalue weighted by Crippen LogP contribution is -2.08. The van der Waals surface area contributed by atoms with Gasteiger partial charge in [-0.1, -0.05) is 26.0 Å². The number of nitrogens with one attached hydrogen (secondary N) is 1. The molecule has 3 heterocycles. The van der Waals surface area contributed by atoms with Crippen molar-refractivity contribution in [2.45, 2.75) is 26.7 Å². The topological polar surface area (TPSA) is 62.1 Å². The summed E-state index contributed by atoms with van der Waals surface area (Å²) in [5.41, 5.74) is 8.56. The molecule has 0 fully saturated rings. The van der Waals surface area contributed by atoms with E-state index in [-0.39, 0.29) is 0 Å². The van der Waals surface area contributed by atoms with Crippen molar-refractivity contribution in [3.8, 4) is 22.5 Å². The van der Waals surface area contributed by atoms with Crippen LogP contribution in [-0.2, 0) is 0 Å². The summed E-state index contributed by atoms with van der Waals surface area (Å²) in [6.07, 6.45) is 3.59. The first-order valence-electron chi connectivity index (χ1n) is 9.12. The van der Waals surface area contributed by atoms with Crippen LogP contribution in [0.4, 0.5) is 5.69 Å². The van der Waals surface area contributed by atoms with Crippen LogP contribution in [-0.4, -0.2) is 38.9 Å². The van der Waals surface area contributed by atoms with Gasteiger partial charge in [-0.05, 0) is 36.6 Å². The molecule has 0 amide bonds. The number of pyridine rings is 1. The summed E-state index contributed by atoms with van der Waals surface area (Å²) >= 11 is 0. The van der Waals surface area contributed by atoms with Crippen LogP contribution in [0, 0.1) is 6.92 Å². The van der Waals surface area contributed by atoms with E-state index in [9.17, 15) is 0 Å². The number of anilines is 1. The molecule has 1 N–H and O–H groups in total. The van der Waals surface area contributed by atoms with Gasteiger partial charge in [0.1, 0.15) is 6.33 Å². The molecule has 0 aliphatic rings. The minimum atomic E-state index is 0.323. The Labute approximate surface area is 158 Å². The highest BCUT2D eigenvalue weighted by Gasteiger charge is 2.20. The molecule has 0 saturated carbocycles. The van der Waals surface area contributed by atoms with Gasteiger partial charge in [0.15, 0.2) is 5.65 Å². The monoisotopic (exact) mass is 360 g/mol. The van der Waals surface area contributed by atoms with E-state index in [4.69, 9.17) is 5.10 Å². The van der Waals surface area contributed by atoms with Crippen LogP contribution in [0.15, 0.2) is 42.9 Å². The van der Waals surface area contributed by atoms with Crippen molar-refractivity contribution in [1.82, 2.24) is 24.8 Å². The first kappa shape index (κ1) is 17.3. The van der Waals surface area contributed by atoms with Crippen molar-refractivity contribution in [2.24, 2.45) is 0 Å². The van der Waals surface area contributed by atoms with Gasteiger partial charge in [-0.2, -0.15) is 10.2 Å². The second-order valence-corrected chi connectivity index (χ2v) is 7.40. The number of aromatic amines is 1. The third-order valence-corrected chi connectivity index (χ3v) is 4.87. The maximum atomic E-state index is 4.69. The summed E-state index contributed by atoms with van der Waals surface area (Å²) in [6.45, 7) is 6.46. The van der Waals surface area contributed by atoms with Gasteiger partial charge in [-0.3, -0.25) is 5.10 Å². The van der Waals surface area contributed by atoms with Gasteiger partial charge in [0.2, 0.25) is 0 Å². The highest BCUT2D eigenvalue weighted by Crippen LogP contribution is 2.36. The van der Waals surface area contributed by atoms with Crippen LogP contribution >= 0.6 is 0 Å². The molecule has 6 heteroatoms. The molecule has 3 aromatic heterocycles. The number of rotatable bonds is 4. The molecular weight excluding hydrogens is 336 g/mol. The lowest BCUT2D eigenvalue weighted by Gasteiger charge is -2.14. The zero-order valence-electron chi connectivity index (χ0n) is 16.4. The molecule has 0 aliphatic carbocycles. The number of hydrogen-bond donors (Lipinski definition) is 1. The largest absolute Gasteiger partial charge is 0.378 e. The van der Waals surface area contributed by atoms with E-state index in [1.54, 1.807) is 6.33 Å². The third-order valence-electron chi connectivity index (χ3n) is 4.87. The average Bonchev–Trinajstić information content (AvgIpc) is 3.28. The number of aromatic nitrogens is 5. The minimum Gasteiger partial charge on any atom is -0.378 e. The van der Waals surface area contributed by atoms with E-state index in [0.29, 0.717) is 5.92 Å². The normalized spacial score (nSPS) is 11.5. The number of benzene rings is 1. The van der Waals surface area contributed by atoms with Gasteiger partial charge in [0, 0.05) is 42.7 Å². The average molecular weight is 360 g/mol. The first-order valence-corrected chi connectivity index (χ1v) is 9.12. The van der Waals surface area contributed by atoms with E-state index in [2.05, 4.69) is 85.3 Å². The Morgan fingerprint density at radius 1 is 1.11 bits per heavy atom. The first-order chi connectivity index (χ1) is 13.0. The number of H-pyrrole nitrogens is 1. The molecule has 138 valence electrons. The van der Waals surface area contributed by atoms with Crippen LogP contribution in [0.5, 0.6) is 0 Å². The van der Waals surface area contributed by atoms with Gasteiger partial charge in [0.25, 0.3) is 0 Å². The molecule has 0 bridgehead atoms. The zero-order valence-corrected chi connectivity index (χ0v) is 16.4. The summed E-state index contributed by atoms with van der Waals surface area (Å²) in [4.78, 5) is 6.42. The molecule has 0 atom stereocenters. The van der Waals surface area contributed by atoms with Crippen molar-refractivity contribution in [2.75, 3.05) is 19.0 Å². The Balaban J connectivity index is 1.89. The van der Waals surface area contributed by atoms with Crippen molar-refractivity contribution < 1.29 is 0 Å². The van der Waals surface area contributed by atoms with E-state index in [1.165, 1.54) is 5.56 Å². The van der Waals surface area contributed by atoms with E-state index in [1.807, 2.05) is 10.7 Å². The highest BCUT2D eigenvalue weighted by molar-refractivity contribution is 5.77. The van der Waals surface area contributed by atoms with Gasteiger partial charge in [-0.25, -0.2) is 9.50 Å². The SMILES string of the molecule is Cc1cc(-c2[nH]nc(-c3cccc(N(C)C)c3)c2C(C)C)cn2ncnc12. The van der Waals surface area contributed by atoms with Crippen molar-refractivity contribution in [3.05, 3.63) is 54.0 Å². The number of fused-ring (bicyclic) bond motifs is 1. The molecular formula is C21H24N6. The molecule has 0 radical (unpaired) electrons. The molecule has 0 spiro atoms. The van der Waals surface area contributed by atoms with Crippen molar-refractivity contribution >= 4 is 11.3 Å². The van der Waals surface area contributed by atoms with E-state index >= 15 is 0 Å². The summed E-state index contributed by atoms with van der Waals surface area (Å²) in [7, 11) is 4.10. The molecule has 4 aromatic rings. The Hall–Kier alpha value is -3.15. The zero-order chi connectivity index (χ0) is 19.1. The van der Waals surface area contributed by atoms with Gasteiger partial charge in [0.05, 0.1) is 11.4 Å². The van der Waals surface area contributed by atoms with Gasteiger partial charge in [-0.15, -0.1) is 0 Å². The molecule has 6 nitrogen and oxygen atoms in total. The lowest BCUT2D eigenvalue weighted by molar-refractivity contribution is 0.871. The van der Waals surface area contributed by atoms with Crippen molar-refractivity contribution in [1.29, 1.82) is 0 Å². The minimum absolute atomic E-state index is 0.323. The molecule has 4 rings (SSSR count). The summed E-state index contributed by atoms with van der Waals surface area (Å²) < 4.78 is 1.82. The smallest absolute Gasteiger partial charge is 0.158 e. The molecule has 0 unspecified atom stereocenters. The Kier molecular flexibility index (Phi) is 4.18. The fourth-order valence-electron chi connectivity index (χ4n) is 3.51. The van der Waals surface area contributed by atoms with Crippen LogP contribution in [0.3, 0.4) is 0 Å². The Morgan fingerprint density at radius 3 is 2.67 bits per heavy atom. The van der Waals surface area contributed by atoms with Gasteiger partial charge < -0.3 is 4.90 Å². The number of nitrogens with zero attached hydrogens (tertiary/aromatic N) is 5. The second kappa shape index (κ2) is 6.54. The quantitative estimate of drug-likeness (QED) is 0.590. The van der Waals surface area contributed by atoms with E-state index in [0.717, 1.165) is 39.4 Å².